The molecule has 1 aromatic rings. The summed E-state index contributed by atoms with van der Waals surface area (Å²) in [5, 5.41) is 8.95. The highest BCUT2D eigenvalue weighted by Crippen LogP contribution is 2.26. The normalized spacial score (nSPS) is 24.1. The van der Waals surface area contributed by atoms with E-state index in [2.05, 4.69) is 0 Å². The number of hydrogen-bond acceptors (Lipinski definition) is 3. The number of benzene rings is 1. The first-order valence-electron chi connectivity index (χ1n) is 5.12. The molecule has 1 aliphatic rings. The van der Waals surface area contributed by atoms with E-state index in [1.54, 1.807) is 0 Å². The molecular formula is C12H12O4. The lowest BCUT2D eigenvalue weighted by molar-refractivity contribution is -0.144. The molecule has 4 heteroatoms. The van der Waals surface area contributed by atoms with Crippen LogP contribution in [0, 0.1) is 11.8 Å². The highest BCUT2D eigenvalue weighted by atomic mass is 16.5. The zero-order valence-electron chi connectivity index (χ0n) is 8.63. The van der Waals surface area contributed by atoms with Crippen LogP contribution in [0.1, 0.15) is 5.56 Å². The molecule has 0 saturated carbocycles. The van der Waals surface area contributed by atoms with Crippen molar-refractivity contribution < 1.29 is 19.4 Å². The van der Waals surface area contributed by atoms with E-state index in [1.165, 1.54) is 0 Å². The highest BCUT2D eigenvalue weighted by molar-refractivity contribution is 5.84. The number of carboxylic acid groups (broad SMARTS) is 1. The van der Waals surface area contributed by atoms with E-state index in [0.717, 1.165) is 5.56 Å². The maximum atomic E-state index is 11.4. The Labute approximate surface area is 92.8 Å². The Kier molecular flexibility index (Phi) is 2.90. The first-order valence-corrected chi connectivity index (χ1v) is 5.12. The Morgan fingerprint density at radius 1 is 1.38 bits per heavy atom. The summed E-state index contributed by atoms with van der Waals surface area (Å²) < 4.78 is 4.79. The molecule has 0 amide bonds. The van der Waals surface area contributed by atoms with Gasteiger partial charge >= 0.3 is 11.9 Å². The van der Waals surface area contributed by atoms with Gasteiger partial charge in [0.25, 0.3) is 0 Å². The average molecular weight is 220 g/mol. The molecule has 0 aromatic heterocycles. The summed E-state index contributed by atoms with van der Waals surface area (Å²) >= 11 is 0. The number of ether oxygens (including phenoxy) is 1. The standard InChI is InChI=1S/C12H12O4/c13-11(14)10-7-16-12(15)9(10)6-8-4-2-1-3-5-8/h1-5,9-10H,6-7H2,(H,13,14)/t9-,10+/m1/s1. The minimum atomic E-state index is -0.966. The molecule has 1 N–H and O–H groups in total. The minimum Gasteiger partial charge on any atom is -0.481 e. The van der Waals surface area contributed by atoms with E-state index in [9.17, 15) is 9.59 Å². The van der Waals surface area contributed by atoms with E-state index in [0.29, 0.717) is 6.42 Å². The molecule has 2 atom stereocenters. The summed E-state index contributed by atoms with van der Waals surface area (Å²) in [5.41, 5.74) is 0.956. The topological polar surface area (TPSA) is 63.6 Å². The van der Waals surface area contributed by atoms with Gasteiger partial charge in [-0.05, 0) is 12.0 Å². The Bertz CT molecular complexity index is 399. The van der Waals surface area contributed by atoms with E-state index < -0.39 is 23.8 Å². The third-order valence-corrected chi connectivity index (χ3v) is 2.81. The maximum absolute atomic E-state index is 11.4. The number of carbonyl (C=O) groups is 2. The predicted octanol–water partition coefficient (Wildman–Crippen LogP) is 1.10. The van der Waals surface area contributed by atoms with Gasteiger partial charge in [0, 0.05) is 0 Å². The van der Waals surface area contributed by atoms with Gasteiger partial charge in [0.15, 0.2) is 0 Å². The molecule has 1 fully saturated rings. The van der Waals surface area contributed by atoms with Crippen LogP contribution in [0.4, 0.5) is 0 Å². The van der Waals surface area contributed by atoms with Crippen LogP contribution in [-0.2, 0) is 20.7 Å². The number of esters is 1. The fourth-order valence-corrected chi connectivity index (χ4v) is 1.90. The van der Waals surface area contributed by atoms with Crippen molar-refractivity contribution in [1.29, 1.82) is 0 Å². The lowest BCUT2D eigenvalue weighted by Gasteiger charge is -2.10. The molecule has 16 heavy (non-hydrogen) atoms. The van der Waals surface area contributed by atoms with Gasteiger partial charge in [0.2, 0.25) is 0 Å². The van der Waals surface area contributed by atoms with E-state index >= 15 is 0 Å². The van der Waals surface area contributed by atoms with Crippen molar-refractivity contribution in [2.75, 3.05) is 6.61 Å². The highest BCUT2D eigenvalue weighted by Gasteiger charge is 2.41. The third kappa shape index (κ3) is 2.05. The van der Waals surface area contributed by atoms with Crippen molar-refractivity contribution in [3.63, 3.8) is 0 Å². The van der Waals surface area contributed by atoms with Crippen molar-refractivity contribution in [3.05, 3.63) is 35.9 Å². The third-order valence-electron chi connectivity index (χ3n) is 2.81. The molecule has 0 unspecified atom stereocenters. The number of aliphatic carboxylic acids is 1. The fraction of sp³-hybridized carbons (Fsp3) is 0.333. The van der Waals surface area contributed by atoms with Gasteiger partial charge in [-0.1, -0.05) is 30.3 Å². The average Bonchev–Trinajstić information content (AvgIpc) is 2.62. The van der Waals surface area contributed by atoms with Crippen LogP contribution in [0.15, 0.2) is 30.3 Å². The molecule has 1 aliphatic heterocycles. The Balaban J connectivity index is 2.13. The van der Waals surface area contributed by atoms with Gasteiger partial charge in [-0.25, -0.2) is 0 Å². The van der Waals surface area contributed by atoms with Gasteiger partial charge in [0.1, 0.15) is 12.5 Å². The SMILES string of the molecule is O=C(O)[C@H]1COC(=O)[C@@H]1Cc1ccccc1. The number of hydrogen-bond donors (Lipinski definition) is 1. The zero-order chi connectivity index (χ0) is 11.5. The Hall–Kier alpha value is -1.84. The van der Waals surface area contributed by atoms with Crippen molar-refractivity contribution >= 4 is 11.9 Å². The largest absolute Gasteiger partial charge is 0.481 e. The smallest absolute Gasteiger partial charge is 0.310 e. The van der Waals surface area contributed by atoms with Crippen LogP contribution in [0.5, 0.6) is 0 Å². The van der Waals surface area contributed by atoms with Gasteiger partial charge in [-0.2, -0.15) is 0 Å². The van der Waals surface area contributed by atoms with Crippen molar-refractivity contribution in [3.8, 4) is 0 Å². The summed E-state index contributed by atoms with van der Waals surface area (Å²) in [6.07, 6.45) is 0.427. The molecule has 4 nitrogen and oxygen atoms in total. The molecule has 0 aliphatic carbocycles. The molecule has 2 rings (SSSR count). The Morgan fingerprint density at radius 2 is 2.06 bits per heavy atom. The predicted molar refractivity (Wildman–Crippen MR) is 55.7 cm³/mol. The molecule has 0 bridgehead atoms. The Morgan fingerprint density at radius 3 is 2.69 bits per heavy atom. The van der Waals surface area contributed by atoms with Gasteiger partial charge in [-0.15, -0.1) is 0 Å². The molecule has 1 aromatic carbocycles. The van der Waals surface area contributed by atoms with E-state index in [1.807, 2.05) is 30.3 Å². The fourth-order valence-electron chi connectivity index (χ4n) is 1.90. The first kappa shape index (κ1) is 10.7. The van der Waals surface area contributed by atoms with Crippen LogP contribution >= 0.6 is 0 Å². The lowest BCUT2D eigenvalue weighted by Crippen LogP contribution is -2.25. The molecular weight excluding hydrogens is 208 g/mol. The molecule has 0 spiro atoms. The summed E-state index contributed by atoms with van der Waals surface area (Å²) in [6, 6.07) is 9.37. The number of rotatable bonds is 3. The monoisotopic (exact) mass is 220 g/mol. The van der Waals surface area contributed by atoms with Gasteiger partial charge in [-0.3, -0.25) is 9.59 Å². The minimum absolute atomic E-state index is 0.00827. The van der Waals surface area contributed by atoms with Gasteiger partial charge < -0.3 is 9.84 Å². The number of cyclic esters (lactones) is 1. The molecule has 1 heterocycles. The molecule has 1 saturated heterocycles. The van der Waals surface area contributed by atoms with Gasteiger partial charge in [0.05, 0.1) is 5.92 Å². The lowest BCUT2D eigenvalue weighted by atomic mass is 9.89. The van der Waals surface area contributed by atoms with Crippen molar-refractivity contribution in [1.82, 2.24) is 0 Å². The summed E-state index contributed by atoms with van der Waals surface area (Å²) in [5.74, 6) is -2.64. The molecule has 0 radical (unpaired) electrons. The van der Waals surface area contributed by atoms with Crippen LogP contribution in [0.2, 0.25) is 0 Å². The number of carbonyl (C=O) groups excluding carboxylic acids is 1. The van der Waals surface area contributed by atoms with Crippen LogP contribution in [-0.4, -0.2) is 23.7 Å². The molecule has 84 valence electrons. The summed E-state index contributed by atoms with van der Waals surface area (Å²) in [6.45, 7) is -0.00827. The zero-order valence-corrected chi connectivity index (χ0v) is 8.63. The van der Waals surface area contributed by atoms with Crippen LogP contribution in [0.25, 0.3) is 0 Å². The maximum Gasteiger partial charge on any atom is 0.310 e. The second-order valence-electron chi connectivity index (χ2n) is 3.87. The van der Waals surface area contributed by atoms with Crippen molar-refractivity contribution in [2.45, 2.75) is 6.42 Å². The van der Waals surface area contributed by atoms with E-state index in [4.69, 9.17) is 9.84 Å². The second kappa shape index (κ2) is 4.35. The number of carboxylic acids is 1. The van der Waals surface area contributed by atoms with Crippen molar-refractivity contribution in [2.24, 2.45) is 11.8 Å². The second-order valence-corrected chi connectivity index (χ2v) is 3.87. The quantitative estimate of drug-likeness (QED) is 0.775. The van der Waals surface area contributed by atoms with Crippen LogP contribution in [0.3, 0.4) is 0 Å². The first-order chi connectivity index (χ1) is 7.68. The van der Waals surface area contributed by atoms with Crippen LogP contribution < -0.4 is 0 Å². The van der Waals surface area contributed by atoms with E-state index in [-0.39, 0.29) is 6.61 Å². The summed E-state index contributed by atoms with van der Waals surface area (Å²) in [4.78, 5) is 22.3. The summed E-state index contributed by atoms with van der Waals surface area (Å²) in [7, 11) is 0.